The summed E-state index contributed by atoms with van der Waals surface area (Å²) in [7, 11) is 1.35. The van der Waals surface area contributed by atoms with Gasteiger partial charge < -0.3 is 0 Å². The van der Waals surface area contributed by atoms with Crippen LogP contribution in [0.5, 0.6) is 0 Å². The van der Waals surface area contributed by atoms with E-state index in [9.17, 15) is 14.4 Å². The molecule has 2 rings (SSSR count). The monoisotopic (exact) mass is 289 g/mol. The Balaban J connectivity index is 1.89. The summed E-state index contributed by atoms with van der Waals surface area (Å²) in [5.74, 6) is -0.480. The largest absolute Gasteiger partial charge is 0.331 e. The zero-order valence-corrected chi connectivity index (χ0v) is 11.5. The molecular formula is C14H15N3O4. The van der Waals surface area contributed by atoms with Crippen molar-refractivity contribution in [3.63, 3.8) is 0 Å². The van der Waals surface area contributed by atoms with Gasteiger partial charge in [-0.25, -0.2) is 10.3 Å². The predicted octanol–water partition coefficient (Wildman–Crippen LogP) is -0.205. The first kappa shape index (κ1) is 14.7. The third kappa shape index (κ3) is 3.90. The minimum Gasteiger partial charge on any atom is -0.291 e. The molecule has 0 saturated carbocycles. The van der Waals surface area contributed by atoms with E-state index >= 15 is 0 Å². The predicted molar refractivity (Wildman–Crippen MR) is 75.3 cm³/mol. The third-order valence-electron chi connectivity index (χ3n) is 2.84. The lowest BCUT2D eigenvalue weighted by Gasteiger charge is -2.08. The molecule has 0 atom stereocenters. The molecule has 0 aliphatic heterocycles. The maximum absolute atomic E-state index is 11.7. The van der Waals surface area contributed by atoms with E-state index in [4.69, 9.17) is 4.84 Å². The number of hydrogen-bond acceptors (Lipinski definition) is 4. The summed E-state index contributed by atoms with van der Waals surface area (Å²) < 4.78 is 2.06. The lowest BCUT2D eigenvalue weighted by molar-refractivity contribution is -0.135. The quantitative estimate of drug-likeness (QED) is 0.772. The number of amides is 1. The molecule has 0 unspecified atom stereocenters. The molecule has 7 nitrogen and oxygen atoms in total. The van der Waals surface area contributed by atoms with Crippen LogP contribution in [0.25, 0.3) is 0 Å². The number of carbonyl (C=O) groups is 1. The van der Waals surface area contributed by atoms with Crippen molar-refractivity contribution in [1.29, 1.82) is 0 Å². The molecule has 1 heterocycles. The Morgan fingerprint density at radius 2 is 1.90 bits per heavy atom. The van der Waals surface area contributed by atoms with E-state index in [0.29, 0.717) is 0 Å². The molecule has 1 aromatic carbocycles. The summed E-state index contributed by atoms with van der Waals surface area (Å²) in [6.45, 7) is 0.0104. The summed E-state index contributed by atoms with van der Waals surface area (Å²) in [6.07, 6.45) is 1.28. The van der Waals surface area contributed by atoms with Crippen molar-refractivity contribution in [2.75, 3.05) is 0 Å². The van der Waals surface area contributed by atoms with Gasteiger partial charge >= 0.3 is 5.69 Å². The van der Waals surface area contributed by atoms with Gasteiger partial charge in [-0.05, 0) is 5.56 Å². The van der Waals surface area contributed by atoms with Gasteiger partial charge in [-0.2, -0.15) is 0 Å². The van der Waals surface area contributed by atoms with E-state index in [2.05, 4.69) is 5.48 Å². The lowest BCUT2D eigenvalue weighted by atomic mass is 10.2. The average Bonchev–Trinajstić information content (AvgIpc) is 2.49. The highest BCUT2D eigenvalue weighted by Crippen LogP contribution is 1.98. The molecule has 2 aromatic rings. The molecular weight excluding hydrogens is 274 g/mol. The Bertz CT molecular complexity index is 734. The zero-order chi connectivity index (χ0) is 15.2. The van der Waals surface area contributed by atoms with Gasteiger partial charge in [0.2, 0.25) is 0 Å². The number of nitrogens with zero attached hydrogens (tertiary/aromatic N) is 2. The first-order valence-corrected chi connectivity index (χ1v) is 6.29. The van der Waals surface area contributed by atoms with Crippen LogP contribution in [0.2, 0.25) is 0 Å². The van der Waals surface area contributed by atoms with E-state index in [1.54, 1.807) is 0 Å². The lowest BCUT2D eigenvalue weighted by Crippen LogP contribution is -2.40. The normalized spacial score (nSPS) is 10.3. The van der Waals surface area contributed by atoms with Gasteiger partial charge in [0.1, 0.15) is 6.54 Å². The maximum Gasteiger partial charge on any atom is 0.331 e. The Morgan fingerprint density at radius 1 is 1.19 bits per heavy atom. The molecule has 1 amide bonds. The smallest absolute Gasteiger partial charge is 0.291 e. The first-order chi connectivity index (χ1) is 10.1. The fourth-order valence-corrected chi connectivity index (χ4v) is 1.70. The van der Waals surface area contributed by atoms with Crippen LogP contribution in [0.1, 0.15) is 5.56 Å². The molecule has 110 valence electrons. The molecule has 0 radical (unpaired) electrons. The second-order valence-electron chi connectivity index (χ2n) is 4.42. The van der Waals surface area contributed by atoms with E-state index in [1.165, 1.54) is 19.3 Å². The fourth-order valence-electron chi connectivity index (χ4n) is 1.70. The van der Waals surface area contributed by atoms with Crippen molar-refractivity contribution < 1.29 is 9.63 Å². The highest BCUT2D eigenvalue weighted by atomic mass is 16.6. The number of nitrogens with one attached hydrogen (secondary N) is 1. The van der Waals surface area contributed by atoms with Crippen molar-refractivity contribution >= 4 is 5.91 Å². The van der Waals surface area contributed by atoms with Gasteiger partial charge in [0.25, 0.3) is 11.5 Å². The topological polar surface area (TPSA) is 82.3 Å². The number of rotatable bonds is 5. The summed E-state index contributed by atoms with van der Waals surface area (Å²) in [6, 6.07) is 10.6. The van der Waals surface area contributed by atoms with Crippen LogP contribution >= 0.6 is 0 Å². The van der Waals surface area contributed by atoms with Crippen molar-refractivity contribution in [3.8, 4) is 0 Å². The van der Waals surface area contributed by atoms with Crippen molar-refractivity contribution in [3.05, 3.63) is 69.0 Å². The third-order valence-corrected chi connectivity index (χ3v) is 2.84. The van der Waals surface area contributed by atoms with Gasteiger partial charge in [0.05, 0.1) is 6.61 Å². The Labute approximate surface area is 120 Å². The summed E-state index contributed by atoms with van der Waals surface area (Å²) in [5.41, 5.74) is 2.19. The highest BCUT2D eigenvalue weighted by Gasteiger charge is 2.06. The molecule has 0 bridgehead atoms. The number of hydrogen-bond donors (Lipinski definition) is 1. The number of carbonyl (C=O) groups excluding carboxylic acids is 1. The molecule has 0 aliphatic carbocycles. The standard InChI is InChI=1S/C14H15N3O4/c1-16-13(19)7-8-17(14(16)20)9-12(18)15-21-10-11-5-3-2-4-6-11/h2-8H,9-10H2,1H3,(H,15,18). The second-order valence-corrected chi connectivity index (χ2v) is 4.42. The number of benzene rings is 1. The number of hydroxylamine groups is 1. The van der Waals surface area contributed by atoms with Gasteiger partial charge in [0.15, 0.2) is 0 Å². The van der Waals surface area contributed by atoms with E-state index < -0.39 is 17.2 Å². The van der Waals surface area contributed by atoms with Gasteiger partial charge in [0, 0.05) is 19.3 Å². The highest BCUT2D eigenvalue weighted by molar-refractivity contribution is 5.74. The summed E-state index contributed by atoms with van der Waals surface area (Å²) in [4.78, 5) is 39.7. The van der Waals surface area contributed by atoms with Crippen LogP contribution in [0.15, 0.2) is 52.2 Å². The van der Waals surface area contributed by atoms with E-state index in [-0.39, 0.29) is 13.2 Å². The Hall–Kier alpha value is -2.67. The SMILES string of the molecule is Cn1c(=O)ccn(CC(=O)NOCc2ccccc2)c1=O. The molecule has 0 fully saturated rings. The maximum atomic E-state index is 11.7. The molecule has 1 N–H and O–H groups in total. The van der Waals surface area contributed by atoms with Gasteiger partial charge in [-0.15, -0.1) is 0 Å². The van der Waals surface area contributed by atoms with E-state index in [1.807, 2.05) is 30.3 Å². The minimum absolute atomic E-state index is 0.220. The molecule has 0 spiro atoms. The molecule has 21 heavy (non-hydrogen) atoms. The number of aromatic nitrogens is 2. The molecule has 7 heteroatoms. The van der Waals surface area contributed by atoms with Crippen LogP contribution in [0, 0.1) is 0 Å². The first-order valence-electron chi connectivity index (χ1n) is 6.29. The van der Waals surface area contributed by atoms with Crippen molar-refractivity contribution in [1.82, 2.24) is 14.6 Å². The Morgan fingerprint density at radius 3 is 2.62 bits per heavy atom. The second kappa shape index (κ2) is 6.67. The van der Waals surface area contributed by atoms with Crippen molar-refractivity contribution in [2.45, 2.75) is 13.2 Å². The van der Waals surface area contributed by atoms with Crippen molar-refractivity contribution in [2.24, 2.45) is 7.05 Å². The molecule has 0 saturated heterocycles. The van der Waals surface area contributed by atoms with Crippen LogP contribution in [-0.4, -0.2) is 15.0 Å². The minimum atomic E-state index is -0.555. The average molecular weight is 289 g/mol. The van der Waals surface area contributed by atoms with Crippen LogP contribution < -0.4 is 16.7 Å². The summed E-state index contributed by atoms with van der Waals surface area (Å²) in [5, 5.41) is 0. The fraction of sp³-hybridized carbons (Fsp3) is 0.214. The van der Waals surface area contributed by atoms with Crippen LogP contribution in [0.3, 0.4) is 0 Å². The van der Waals surface area contributed by atoms with Gasteiger partial charge in [-0.3, -0.25) is 23.6 Å². The zero-order valence-electron chi connectivity index (χ0n) is 11.5. The van der Waals surface area contributed by atoms with Crippen LogP contribution in [-0.2, 0) is 29.8 Å². The van der Waals surface area contributed by atoms with Crippen LogP contribution in [0.4, 0.5) is 0 Å². The molecule has 0 aliphatic rings. The summed E-state index contributed by atoms with van der Waals surface area (Å²) >= 11 is 0. The van der Waals surface area contributed by atoms with Gasteiger partial charge in [-0.1, -0.05) is 30.3 Å². The Kier molecular flexibility index (Phi) is 4.68. The molecule has 1 aromatic heterocycles. The van der Waals surface area contributed by atoms with E-state index in [0.717, 1.165) is 14.7 Å².